The molecular weight excluding hydrogens is 414 g/mol. The van der Waals surface area contributed by atoms with Crippen molar-refractivity contribution in [3.63, 3.8) is 0 Å². The molecule has 1 aromatic heterocycles. The smallest absolute Gasteiger partial charge is 0.338 e. The highest BCUT2D eigenvalue weighted by molar-refractivity contribution is 7.89. The highest BCUT2D eigenvalue weighted by atomic mass is 32.2. The molecule has 0 radical (unpaired) electrons. The molecule has 1 N–H and O–H groups in total. The van der Waals surface area contributed by atoms with Crippen LogP contribution in [0, 0.1) is 0 Å². The summed E-state index contributed by atoms with van der Waals surface area (Å²) in [5.74, 6) is -0.701. The number of rotatable bonds is 7. The Morgan fingerprint density at radius 1 is 1.21 bits per heavy atom. The van der Waals surface area contributed by atoms with Gasteiger partial charge in [-0.1, -0.05) is 0 Å². The summed E-state index contributed by atoms with van der Waals surface area (Å²) in [6.45, 7) is 9.01. The third kappa shape index (κ3) is 6.34. The summed E-state index contributed by atoms with van der Waals surface area (Å²) in [4.78, 5) is 29.7. The minimum atomic E-state index is -3.67. The van der Waals surface area contributed by atoms with E-state index >= 15 is 0 Å². The first kappa shape index (κ1) is 23.0. The summed E-state index contributed by atoms with van der Waals surface area (Å²) >= 11 is 1.30. The van der Waals surface area contributed by atoms with Gasteiger partial charge in [-0.05, 0) is 52.0 Å². The van der Waals surface area contributed by atoms with Crippen LogP contribution >= 0.6 is 11.3 Å². The molecule has 1 aromatic carbocycles. The van der Waals surface area contributed by atoms with E-state index in [9.17, 15) is 18.0 Å². The number of esters is 1. The van der Waals surface area contributed by atoms with Crippen LogP contribution in [-0.2, 0) is 26.2 Å². The molecule has 1 amide bonds. The van der Waals surface area contributed by atoms with E-state index in [1.165, 1.54) is 47.4 Å². The lowest BCUT2D eigenvalue weighted by Crippen LogP contribution is -2.40. The standard InChI is InChI=1S/C19H25N3O5S2/c1-6-22(13(2)23)18-20-15(12-28-18)11-27-17(24)14-7-9-16(10-8-14)29(25,26)21-19(3,4)5/h7-10,12,21H,6,11H2,1-5H3. The van der Waals surface area contributed by atoms with E-state index in [1.54, 1.807) is 26.2 Å². The Labute approximate surface area is 175 Å². The van der Waals surface area contributed by atoms with Crippen LogP contribution in [0.15, 0.2) is 34.5 Å². The fourth-order valence-electron chi connectivity index (χ4n) is 2.43. The number of amides is 1. The van der Waals surface area contributed by atoms with Gasteiger partial charge in [-0.2, -0.15) is 0 Å². The first-order valence-electron chi connectivity index (χ1n) is 8.96. The lowest BCUT2D eigenvalue weighted by molar-refractivity contribution is -0.116. The van der Waals surface area contributed by atoms with Gasteiger partial charge < -0.3 is 4.74 Å². The summed E-state index contributed by atoms with van der Waals surface area (Å²) in [6.07, 6.45) is 0. The zero-order valence-electron chi connectivity index (χ0n) is 17.1. The quantitative estimate of drug-likeness (QED) is 0.665. The van der Waals surface area contributed by atoms with Gasteiger partial charge in [-0.25, -0.2) is 22.9 Å². The summed E-state index contributed by atoms with van der Waals surface area (Å²) in [5.41, 5.74) is 0.152. The highest BCUT2D eigenvalue weighted by Crippen LogP contribution is 2.21. The van der Waals surface area contributed by atoms with Crippen LogP contribution < -0.4 is 9.62 Å². The van der Waals surface area contributed by atoms with E-state index in [-0.39, 0.29) is 23.0 Å². The van der Waals surface area contributed by atoms with Gasteiger partial charge in [0.25, 0.3) is 0 Å². The van der Waals surface area contributed by atoms with Gasteiger partial charge in [-0.3, -0.25) is 9.69 Å². The van der Waals surface area contributed by atoms with Crippen LogP contribution in [0.5, 0.6) is 0 Å². The predicted octanol–water partition coefficient (Wildman–Crippen LogP) is 2.95. The molecule has 0 unspecified atom stereocenters. The normalized spacial score (nSPS) is 11.9. The average molecular weight is 440 g/mol. The summed E-state index contributed by atoms with van der Waals surface area (Å²) in [6, 6.07) is 5.52. The Morgan fingerprint density at radius 3 is 2.34 bits per heavy atom. The van der Waals surface area contributed by atoms with Crippen molar-refractivity contribution in [3.8, 4) is 0 Å². The third-order valence-corrected chi connectivity index (χ3v) is 6.35. The number of benzene rings is 1. The first-order chi connectivity index (χ1) is 13.4. The summed E-state index contributed by atoms with van der Waals surface area (Å²) in [5, 5.41) is 2.27. The second-order valence-electron chi connectivity index (χ2n) is 7.34. The molecule has 0 aliphatic heterocycles. The van der Waals surface area contributed by atoms with E-state index < -0.39 is 21.5 Å². The van der Waals surface area contributed by atoms with Crippen molar-refractivity contribution in [2.24, 2.45) is 0 Å². The minimum Gasteiger partial charge on any atom is -0.456 e. The Hall–Kier alpha value is -2.30. The number of ether oxygens (including phenoxy) is 1. The number of hydrogen-bond donors (Lipinski definition) is 1. The lowest BCUT2D eigenvalue weighted by atomic mass is 10.1. The van der Waals surface area contributed by atoms with Crippen LogP contribution in [0.4, 0.5) is 5.13 Å². The summed E-state index contributed by atoms with van der Waals surface area (Å²) in [7, 11) is -3.67. The largest absolute Gasteiger partial charge is 0.456 e. The molecule has 1 heterocycles. The molecular formula is C19H25N3O5S2. The van der Waals surface area contributed by atoms with Crippen molar-refractivity contribution in [3.05, 3.63) is 40.9 Å². The van der Waals surface area contributed by atoms with Crippen molar-refractivity contribution >= 4 is 38.4 Å². The fraction of sp³-hybridized carbons (Fsp3) is 0.421. The van der Waals surface area contributed by atoms with Gasteiger partial charge in [0.15, 0.2) is 5.13 Å². The molecule has 10 heteroatoms. The molecule has 0 aliphatic rings. The van der Waals surface area contributed by atoms with Crippen molar-refractivity contribution in [1.29, 1.82) is 0 Å². The molecule has 158 valence electrons. The number of thiazole rings is 1. The molecule has 29 heavy (non-hydrogen) atoms. The number of nitrogens with zero attached hydrogens (tertiary/aromatic N) is 2. The van der Waals surface area contributed by atoms with Gasteiger partial charge in [0, 0.05) is 24.4 Å². The van der Waals surface area contributed by atoms with Crippen molar-refractivity contribution in [2.45, 2.75) is 51.7 Å². The molecule has 0 bridgehead atoms. The van der Waals surface area contributed by atoms with Crippen molar-refractivity contribution in [2.75, 3.05) is 11.4 Å². The Morgan fingerprint density at radius 2 is 1.83 bits per heavy atom. The number of carbonyl (C=O) groups is 2. The number of hydrogen-bond acceptors (Lipinski definition) is 7. The van der Waals surface area contributed by atoms with Crippen LogP contribution in [0.25, 0.3) is 0 Å². The SMILES string of the molecule is CCN(C(C)=O)c1nc(COC(=O)c2ccc(S(=O)(=O)NC(C)(C)C)cc2)cs1. The number of sulfonamides is 1. The predicted molar refractivity (Wildman–Crippen MR) is 111 cm³/mol. The van der Waals surface area contributed by atoms with Crippen molar-refractivity contribution < 1.29 is 22.7 Å². The maximum atomic E-state index is 12.3. The Balaban J connectivity index is 2.02. The molecule has 0 saturated carbocycles. The zero-order chi connectivity index (χ0) is 21.8. The number of anilines is 1. The van der Waals surface area contributed by atoms with Gasteiger partial charge in [-0.15, -0.1) is 11.3 Å². The maximum absolute atomic E-state index is 12.3. The molecule has 2 aromatic rings. The third-order valence-electron chi connectivity index (χ3n) is 3.66. The monoisotopic (exact) mass is 439 g/mol. The fourth-order valence-corrected chi connectivity index (χ4v) is 4.77. The molecule has 0 saturated heterocycles. The highest BCUT2D eigenvalue weighted by Gasteiger charge is 2.22. The number of nitrogens with one attached hydrogen (secondary N) is 1. The second-order valence-corrected chi connectivity index (χ2v) is 9.86. The van der Waals surface area contributed by atoms with E-state index in [0.29, 0.717) is 17.4 Å². The van der Waals surface area contributed by atoms with Gasteiger partial charge in [0.1, 0.15) is 6.61 Å². The second kappa shape index (κ2) is 9.02. The maximum Gasteiger partial charge on any atom is 0.338 e. The van der Waals surface area contributed by atoms with Crippen LogP contribution in [-0.4, -0.2) is 37.4 Å². The Bertz CT molecular complexity index is 976. The van der Waals surface area contributed by atoms with E-state index in [0.717, 1.165) is 0 Å². The van der Waals surface area contributed by atoms with E-state index in [2.05, 4.69) is 9.71 Å². The van der Waals surface area contributed by atoms with Gasteiger partial charge >= 0.3 is 5.97 Å². The molecule has 2 rings (SSSR count). The van der Waals surface area contributed by atoms with Crippen molar-refractivity contribution in [1.82, 2.24) is 9.71 Å². The molecule has 8 nitrogen and oxygen atoms in total. The van der Waals surface area contributed by atoms with Crippen LogP contribution in [0.1, 0.15) is 50.7 Å². The van der Waals surface area contributed by atoms with Crippen LogP contribution in [0.3, 0.4) is 0 Å². The number of carbonyl (C=O) groups excluding carboxylic acids is 2. The first-order valence-corrected chi connectivity index (χ1v) is 11.3. The number of aromatic nitrogens is 1. The zero-order valence-corrected chi connectivity index (χ0v) is 18.7. The van der Waals surface area contributed by atoms with Crippen LogP contribution in [0.2, 0.25) is 0 Å². The lowest BCUT2D eigenvalue weighted by Gasteiger charge is -2.20. The molecule has 0 atom stereocenters. The topological polar surface area (TPSA) is 106 Å². The molecule has 0 aliphatic carbocycles. The van der Waals surface area contributed by atoms with E-state index in [4.69, 9.17) is 4.74 Å². The van der Waals surface area contributed by atoms with Gasteiger partial charge in [0.05, 0.1) is 16.2 Å². The minimum absolute atomic E-state index is 0.0452. The van der Waals surface area contributed by atoms with Gasteiger partial charge in [0.2, 0.25) is 15.9 Å². The van der Waals surface area contributed by atoms with E-state index in [1.807, 2.05) is 6.92 Å². The average Bonchev–Trinajstić information content (AvgIpc) is 3.06. The Kier molecular flexibility index (Phi) is 7.15. The molecule has 0 fully saturated rings. The summed E-state index contributed by atoms with van der Waals surface area (Å²) < 4.78 is 32.4. The molecule has 0 spiro atoms.